The summed E-state index contributed by atoms with van der Waals surface area (Å²) in [5.41, 5.74) is 2.22. The van der Waals surface area contributed by atoms with Crippen LogP contribution in [0.2, 0.25) is 9.26 Å². The van der Waals surface area contributed by atoms with Crippen LogP contribution in [-0.4, -0.2) is 27.5 Å². The molecule has 0 atom stereocenters. The second-order valence-electron chi connectivity index (χ2n) is 3.49. The van der Waals surface area contributed by atoms with Gasteiger partial charge in [0.25, 0.3) is 0 Å². The predicted octanol–water partition coefficient (Wildman–Crippen LogP) is 2.73. The molecule has 70 valence electrons. The quantitative estimate of drug-likeness (QED) is 0.589. The minimum atomic E-state index is -1.08. The van der Waals surface area contributed by atoms with E-state index in [0.29, 0.717) is 0 Å². The minimum absolute atomic E-state index is 0.152. The fourth-order valence-corrected chi connectivity index (χ4v) is 4.87. The monoisotopic (exact) mass is 372 g/mol. The Bertz CT molecular complexity index is 287. The molecular weight excluding hydrogens is 357 g/mol. The molecule has 0 unspecified atom stereocenters. The van der Waals surface area contributed by atoms with Crippen molar-refractivity contribution in [3.63, 3.8) is 0 Å². The van der Waals surface area contributed by atoms with Crippen LogP contribution in [0, 0.1) is 0 Å². The van der Waals surface area contributed by atoms with E-state index in [-0.39, 0.29) is 5.78 Å². The third-order valence-corrected chi connectivity index (χ3v) is 5.74. The zero-order valence-corrected chi connectivity index (χ0v) is 11.8. The average Bonchev–Trinajstić information content (AvgIpc) is 2.04. The number of carbonyl (C=O) groups is 1. The summed E-state index contributed by atoms with van der Waals surface area (Å²) in [7, 11) is 0. The second-order valence-corrected chi connectivity index (χ2v) is 13.1. The summed E-state index contributed by atoms with van der Waals surface area (Å²) >= 11 is -1.08. The summed E-state index contributed by atoms with van der Waals surface area (Å²) in [6.07, 6.45) is 0. The summed E-state index contributed by atoms with van der Waals surface area (Å²) in [4.78, 5) is 11.0. The molecule has 13 heavy (non-hydrogen) atoms. The Labute approximate surface area is 87.8 Å². The van der Waals surface area contributed by atoms with Crippen molar-refractivity contribution < 1.29 is 4.79 Å². The van der Waals surface area contributed by atoms with Crippen molar-refractivity contribution in [1.82, 2.24) is 0 Å². The molecule has 0 saturated carbocycles. The van der Waals surface area contributed by atoms with Crippen LogP contribution in [0.5, 0.6) is 0 Å². The molecule has 0 amide bonds. The first kappa shape index (κ1) is 10.9. The van der Waals surface area contributed by atoms with Crippen LogP contribution < -0.4 is 0 Å². The van der Waals surface area contributed by atoms with E-state index >= 15 is 0 Å². The van der Waals surface area contributed by atoms with Gasteiger partial charge in [0, 0.05) is 0 Å². The van der Waals surface area contributed by atoms with Crippen LogP contribution >= 0.6 is 0 Å². The summed E-state index contributed by atoms with van der Waals surface area (Å²) in [6, 6.07) is 8.05. The first-order valence-corrected chi connectivity index (χ1v) is 13.8. The van der Waals surface area contributed by atoms with Gasteiger partial charge in [0.1, 0.15) is 0 Å². The van der Waals surface area contributed by atoms with Gasteiger partial charge < -0.3 is 0 Å². The van der Waals surface area contributed by atoms with E-state index in [4.69, 9.17) is 0 Å². The fraction of sp³-hybridized carbons (Fsp3) is 0.364. The molecule has 0 radical (unpaired) electrons. The molecule has 0 aliphatic heterocycles. The summed E-state index contributed by atoms with van der Waals surface area (Å²) in [5, 5.41) is 0. The summed E-state index contributed by atoms with van der Waals surface area (Å²) in [6.45, 7) is 1.61. The number of ketones is 1. The molecule has 0 aliphatic carbocycles. The van der Waals surface area contributed by atoms with E-state index < -0.39 is 21.8 Å². The third kappa shape index (κ3) is 3.56. The van der Waals surface area contributed by atoms with E-state index in [1.54, 1.807) is 6.92 Å². The second kappa shape index (κ2) is 4.86. The summed E-state index contributed by atoms with van der Waals surface area (Å²) in [5.74, 6) is 0.152. The fourth-order valence-electron chi connectivity index (χ4n) is 1.21. The van der Waals surface area contributed by atoms with Gasteiger partial charge in [-0.15, -0.1) is 0 Å². The predicted molar refractivity (Wildman–Crippen MR) is 57.6 cm³/mol. The number of hydrogen-bond donors (Lipinski definition) is 0. The van der Waals surface area contributed by atoms with Crippen molar-refractivity contribution in [3.8, 4) is 0 Å². The standard InChI is InChI=1S/C9H9O.2CH3.Bi/c1-7-3-5-9(6-4-7)8(2)10;;;/h3-6H,1H2,2H3;2*1H3;. The van der Waals surface area contributed by atoms with Gasteiger partial charge in [-0.25, -0.2) is 0 Å². The SMILES string of the molecule is CC(=O)c1ccc([CH2][Bi]([CH3])[CH3])cc1. The number of rotatable bonds is 3. The molecule has 1 rings (SSSR count). The van der Waals surface area contributed by atoms with E-state index in [0.717, 1.165) is 5.56 Å². The van der Waals surface area contributed by atoms with E-state index in [1.165, 1.54) is 9.69 Å². The Hall–Kier alpha value is -0.227. The van der Waals surface area contributed by atoms with Gasteiger partial charge in [0.05, 0.1) is 0 Å². The van der Waals surface area contributed by atoms with Crippen molar-refractivity contribution in [3.05, 3.63) is 35.4 Å². The Balaban J connectivity index is 2.75. The Morgan fingerprint density at radius 3 is 2.15 bits per heavy atom. The molecule has 0 fully saturated rings. The molecule has 0 saturated heterocycles. The normalized spacial score (nSPS) is 10.5. The number of hydrogen-bond acceptors (Lipinski definition) is 1. The molecule has 0 bridgehead atoms. The molecule has 0 aliphatic rings. The van der Waals surface area contributed by atoms with Crippen LogP contribution in [0.3, 0.4) is 0 Å². The molecule has 0 heterocycles. The number of Topliss-reactive ketones (excluding diaryl/α,β-unsaturated/α-hetero) is 1. The average molecular weight is 372 g/mol. The Kier molecular flexibility index (Phi) is 4.05. The zero-order valence-electron chi connectivity index (χ0n) is 8.37. The van der Waals surface area contributed by atoms with Gasteiger partial charge in [0.2, 0.25) is 0 Å². The molecule has 0 spiro atoms. The molecular formula is C11H15BiO. The van der Waals surface area contributed by atoms with Crippen molar-refractivity contribution in [2.24, 2.45) is 0 Å². The maximum atomic E-state index is 11.0. The van der Waals surface area contributed by atoms with Crippen LogP contribution in [-0.2, 0) is 4.13 Å². The maximum absolute atomic E-state index is 11.0. The van der Waals surface area contributed by atoms with E-state index in [9.17, 15) is 4.79 Å². The molecule has 0 aromatic heterocycles. The van der Waals surface area contributed by atoms with Crippen LogP contribution in [0.15, 0.2) is 24.3 Å². The van der Waals surface area contributed by atoms with Gasteiger partial charge in [-0.3, -0.25) is 0 Å². The van der Waals surface area contributed by atoms with Crippen molar-refractivity contribution in [2.45, 2.75) is 20.3 Å². The van der Waals surface area contributed by atoms with Crippen LogP contribution in [0.4, 0.5) is 0 Å². The van der Waals surface area contributed by atoms with Gasteiger partial charge >= 0.3 is 88.0 Å². The van der Waals surface area contributed by atoms with Gasteiger partial charge in [-0.05, 0) is 0 Å². The topological polar surface area (TPSA) is 17.1 Å². The first-order valence-electron chi connectivity index (χ1n) is 4.34. The zero-order chi connectivity index (χ0) is 9.84. The molecule has 1 aromatic rings. The van der Waals surface area contributed by atoms with E-state index in [1.807, 2.05) is 12.1 Å². The van der Waals surface area contributed by atoms with E-state index in [2.05, 4.69) is 21.4 Å². The van der Waals surface area contributed by atoms with Gasteiger partial charge in [-0.2, -0.15) is 0 Å². The number of carbonyl (C=O) groups excluding carboxylic acids is 1. The van der Waals surface area contributed by atoms with Gasteiger partial charge in [-0.1, -0.05) is 0 Å². The Morgan fingerprint density at radius 1 is 1.23 bits per heavy atom. The van der Waals surface area contributed by atoms with Gasteiger partial charge in [0.15, 0.2) is 0 Å². The molecule has 1 nitrogen and oxygen atoms in total. The molecule has 2 heteroatoms. The van der Waals surface area contributed by atoms with Crippen molar-refractivity contribution >= 4 is 27.5 Å². The van der Waals surface area contributed by atoms with Crippen LogP contribution in [0.25, 0.3) is 0 Å². The number of benzene rings is 1. The van der Waals surface area contributed by atoms with Crippen molar-refractivity contribution in [1.29, 1.82) is 0 Å². The Morgan fingerprint density at radius 2 is 1.77 bits per heavy atom. The first-order chi connectivity index (χ1) is 6.09. The third-order valence-electron chi connectivity index (χ3n) is 1.86. The van der Waals surface area contributed by atoms with Crippen molar-refractivity contribution in [2.75, 3.05) is 0 Å². The van der Waals surface area contributed by atoms with Crippen LogP contribution in [0.1, 0.15) is 22.8 Å². The summed E-state index contributed by atoms with van der Waals surface area (Å²) < 4.78 is 6.08. The molecule has 1 aromatic carbocycles. The molecule has 0 N–H and O–H groups in total.